The van der Waals surface area contributed by atoms with E-state index in [2.05, 4.69) is 34.1 Å². The van der Waals surface area contributed by atoms with Crippen molar-refractivity contribution in [1.82, 2.24) is 10.6 Å². The maximum Gasteiger partial charge on any atom is 0.228 e. The third-order valence-electron chi connectivity index (χ3n) is 5.54. The van der Waals surface area contributed by atoms with Crippen LogP contribution in [0.5, 0.6) is 0 Å². The molecular weight excluding hydrogens is 381 g/mol. The van der Waals surface area contributed by atoms with Gasteiger partial charge in [0.1, 0.15) is 5.82 Å². The van der Waals surface area contributed by atoms with Crippen molar-refractivity contribution in [1.29, 1.82) is 0 Å². The summed E-state index contributed by atoms with van der Waals surface area (Å²) >= 11 is 0. The SMILES string of the molecule is O=C(NCc1cccc2ccccc12)[C@@H]1CNC[C@H](C(=O)Nc2ccc(F)cc2)C1. The van der Waals surface area contributed by atoms with Crippen molar-refractivity contribution in [3.63, 3.8) is 0 Å². The Morgan fingerprint density at radius 1 is 0.900 bits per heavy atom. The minimum absolute atomic E-state index is 0.0604. The molecule has 0 bridgehead atoms. The highest BCUT2D eigenvalue weighted by Gasteiger charge is 2.31. The van der Waals surface area contributed by atoms with Crippen LogP contribution in [-0.2, 0) is 16.1 Å². The Morgan fingerprint density at radius 3 is 2.40 bits per heavy atom. The fraction of sp³-hybridized carbons (Fsp3) is 0.250. The number of anilines is 1. The van der Waals surface area contributed by atoms with Crippen LogP contribution in [0.3, 0.4) is 0 Å². The summed E-state index contributed by atoms with van der Waals surface area (Å²) in [6, 6.07) is 19.8. The van der Waals surface area contributed by atoms with Gasteiger partial charge in [0, 0.05) is 25.3 Å². The maximum absolute atomic E-state index is 13.0. The fourth-order valence-corrected chi connectivity index (χ4v) is 3.89. The van der Waals surface area contributed by atoms with Crippen LogP contribution in [0.1, 0.15) is 12.0 Å². The Balaban J connectivity index is 1.35. The summed E-state index contributed by atoms with van der Waals surface area (Å²) in [6.45, 7) is 1.50. The van der Waals surface area contributed by atoms with E-state index in [4.69, 9.17) is 0 Å². The minimum Gasteiger partial charge on any atom is -0.352 e. The normalized spacial score (nSPS) is 18.7. The second kappa shape index (κ2) is 9.05. The van der Waals surface area contributed by atoms with Crippen molar-refractivity contribution in [2.75, 3.05) is 18.4 Å². The predicted molar refractivity (Wildman–Crippen MR) is 115 cm³/mol. The van der Waals surface area contributed by atoms with Gasteiger partial charge >= 0.3 is 0 Å². The summed E-state index contributed by atoms with van der Waals surface area (Å²) in [5.74, 6) is -1.18. The van der Waals surface area contributed by atoms with Crippen LogP contribution in [-0.4, -0.2) is 24.9 Å². The molecule has 5 nitrogen and oxygen atoms in total. The molecule has 2 amide bonds. The first-order valence-corrected chi connectivity index (χ1v) is 10.1. The molecule has 3 aromatic rings. The fourth-order valence-electron chi connectivity index (χ4n) is 3.89. The van der Waals surface area contributed by atoms with Crippen LogP contribution in [0, 0.1) is 17.7 Å². The lowest BCUT2D eigenvalue weighted by Gasteiger charge is -2.28. The minimum atomic E-state index is -0.352. The number of carbonyl (C=O) groups excluding carboxylic acids is 2. The van der Waals surface area contributed by atoms with Gasteiger partial charge in [-0.3, -0.25) is 9.59 Å². The zero-order valence-corrected chi connectivity index (χ0v) is 16.5. The van der Waals surface area contributed by atoms with E-state index in [1.807, 2.05) is 24.3 Å². The number of benzene rings is 3. The first-order chi connectivity index (χ1) is 14.6. The van der Waals surface area contributed by atoms with Gasteiger partial charge in [-0.2, -0.15) is 0 Å². The molecule has 1 aliphatic heterocycles. The topological polar surface area (TPSA) is 70.2 Å². The molecule has 3 aromatic carbocycles. The number of hydrogen-bond donors (Lipinski definition) is 3. The predicted octanol–water partition coefficient (Wildman–Crippen LogP) is 3.46. The maximum atomic E-state index is 13.0. The largest absolute Gasteiger partial charge is 0.352 e. The molecule has 1 saturated heterocycles. The number of amides is 2. The second-order valence-electron chi connectivity index (χ2n) is 7.64. The van der Waals surface area contributed by atoms with Gasteiger partial charge in [0.2, 0.25) is 11.8 Å². The molecule has 1 aliphatic rings. The van der Waals surface area contributed by atoms with Gasteiger partial charge in [-0.25, -0.2) is 4.39 Å². The van der Waals surface area contributed by atoms with Crippen LogP contribution in [0.15, 0.2) is 66.7 Å². The number of piperidine rings is 1. The molecule has 2 atom stereocenters. The van der Waals surface area contributed by atoms with Crippen molar-refractivity contribution < 1.29 is 14.0 Å². The lowest BCUT2D eigenvalue weighted by Crippen LogP contribution is -2.47. The Hall–Kier alpha value is -3.25. The van der Waals surface area contributed by atoms with Crippen molar-refractivity contribution in [3.8, 4) is 0 Å². The number of halogens is 1. The summed E-state index contributed by atoms with van der Waals surface area (Å²) in [5.41, 5.74) is 1.61. The molecule has 1 fully saturated rings. The Kier molecular flexibility index (Phi) is 6.05. The lowest BCUT2D eigenvalue weighted by atomic mass is 9.89. The molecular formula is C24H24FN3O2. The van der Waals surface area contributed by atoms with Gasteiger partial charge in [-0.15, -0.1) is 0 Å². The molecule has 4 rings (SSSR count). The quantitative estimate of drug-likeness (QED) is 0.609. The third-order valence-corrected chi connectivity index (χ3v) is 5.54. The number of rotatable bonds is 5. The summed E-state index contributed by atoms with van der Waals surface area (Å²) in [7, 11) is 0. The first kappa shape index (κ1) is 20.0. The van der Waals surface area contributed by atoms with Gasteiger partial charge in [0.15, 0.2) is 0 Å². The molecule has 1 heterocycles. The van der Waals surface area contributed by atoms with E-state index >= 15 is 0 Å². The molecule has 0 aliphatic carbocycles. The summed E-state index contributed by atoms with van der Waals surface area (Å²) in [6.07, 6.45) is 0.474. The van der Waals surface area contributed by atoms with E-state index in [9.17, 15) is 14.0 Å². The van der Waals surface area contributed by atoms with Gasteiger partial charge in [0.25, 0.3) is 0 Å². The molecule has 0 radical (unpaired) electrons. The highest BCUT2D eigenvalue weighted by atomic mass is 19.1. The zero-order valence-electron chi connectivity index (χ0n) is 16.5. The molecule has 0 unspecified atom stereocenters. The summed E-state index contributed by atoms with van der Waals surface area (Å²) < 4.78 is 13.0. The molecule has 0 aromatic heterocycles. The monoisotopic (exact) mass is 405 g/mol. The van der Waals surface area contributed by atoms with E-state index in [1.165, 1.54) is 24.3 Å². The van der Waals surface area contributed by atoms with Gasteiger partial charge < -0.3 is 16.0 Å². The van der Waals surface area contributed by atoms with Crippen molar-refractivity contribution in [3.05, 3.63) is 78.1 Å². The van der Waals surface area contributed by atoms with Crippen molar-refractivity contribution >= 4 is 28.3 Å². The highest BCUT2D eigenvalue weighted by molar-refractivity contribution is 5.93. The number of nitrogens with one attached hydrogen (secondary N) is 3. The average molecular weight is 405 g/mol. The molecule has 0 spiro atoms. The number of hydrogen-bond acceptors (Lipinski definition) is 3. The molecule has 154 valence electrons. The molecule has 0 saturated carbocycles. The van der Waals surface area contributed by atoms with Crippen LogP contribution in [0.25, 0.3) is 10.8 Å². The highest BCUT2D eigenvalue weighted by Crippen LogP contribution is 2.21. The van der Waals surface area contributed by atoms with Gasteiger partial charge in [-0.1, -0.05) is 42.5 Å². The van der Waals surface area contributed by atoms with Crippen molar-refractivity contribution in [2.24, 2.45) is 11.8 Å². The Bertz CT molecular complexity index is 1050. The van der Waals surface area contributed by atoms with Crippen LogP contribution < -0.4 is 16.0 Å². The third kappa shape index (κ3) is 4.66. The Morgan fingerprint density at radius 2 is 1.60 bits per heavy atom. The number of carbonyl (C=O) groups is 2. The van der Waals surface area contributed by atoms with Crippen LogP contribution in [0.2, 0.25) is 0 Å². The molecule has 30 heavy (non-hydrogen) atoms. The van der Waals surface area contributed by atoms with Crippen molar-refractivity contribution in [2.45, 2.75) is 13.0 Å². The van der Waals surface area contributed by atoms with Gasteiger partial charge in [0.05, 0.1) is 11.8 Å². The van der Waals surface area contributed by atoms with Gasteiger partial charge in [-0.05, 0) is 47.0 Å². The summed E-state index contributed by atoms with van der Waals surface area (Å²) in [4.78, 5) is 25.3. The Labute approximate surface area is 174 Å². The smallest absolute Gasteiger partial charge is 0.228 e. The zero-order chi connectivity index (χ0) is 20.9. The van der Waals surface area contributed by atoms with E-state index in [0.717, 1.165) is 16.3 Å². The van der Waals surface area contributed by atoms with E-state index in [1.54, 1.807) is 0 Å². The lowest BCUT2D eigenvalue weighted by molar-refractivity contribution is -0.127. The standard InChI is InChI=1S/C24H24FN3O2/c25-20-8-10-21(11-9-20)28-24(30)19-12-18(13-26-14-19)23(29)27-15-17-6-3-5-16-4-1-2-7-22(16)17/h1-11,18-19,26H,12-15H2,(H,27,29)(H,28,30)/t18-,19+/m0/s1. The summed E-state index contributed by atoms with van der Waals surface area (Å²) in [5, 5.41) is 11.3. The van der Waals surface area contributed by atoms with E-state index in [-0.39, 0.29) is 29.5 Å². The first-order valence-electron chi connectivity index (χ1n) is 10.1. The molecule has 3 N–H and O–H groups in total. The van der Waals surface area contributed by atoms with E-state index in [0.29, 0.717) is 31.7 Å². The molecule has 6 heteroatoms. The number of fused-ring (bicyclic) bond motifs is 1. The average Bonchev–Trinajstić information content (AvgIpc) is 2.79. The van der Waals surface area contributed by atoms with Crippen LogP contribution >= 0.6 is 0 Å². The van der Waals surface area contributed by atoms with Crippen LogP contribution in [0.4, 0.5) is 10.1 Å². The second-order valence-corrected chi connectivity index (χ2v) is 7.64. The van der Waals surface area contributed by atoms with E-state index < -0.39 is 0 Å².